The second-order valence-electron chi connectivity index (χ2n) is 13.2. The van der Waals surface area contributed by atoms with Gasteiger partial charge in [-0.15, -0.1) is 0 Å². The van der Waals surface area contributed by atoms with Crippen LogP contribution in [0.2, 0.25) is 0 Å². The summed E-state index contributed by atoms with van der Waals surface area (Å²) in [7, 11) is -1.61. The summed E-state index contributed by atoms with van der Waals surface area (Å²) in [6.45, 7) is 4.59. The molecule has 0 unspecified atom stereocenters. The van der Waals surface area contributed by atoms with Gasteiger partial charge in [-0.1, -0.05) is 134 Å². The van der Waals surface area contributed by atoms with Crippen molar-refractivity contribution in [1.82, 2.24) is 17.7 Å². The van der Waals surface area contributed by atoms with E-state index in [1.54, 1.807) is 19.1 Å². The van der Waals surface area contributed by atoms with Crippen LogP contribution in [0.5, 0.6) is 0 Å². The van der Waals surface area contributed by atoms with Crippen LogP contribution in [0.3, 0.4) is 0 Å². The summed E-state index contributed by atoms with van der Waals surface area (Å²) in [6.07, 6.45) is 25.6. The summed E-state index contributed by atoms with van der Waals surface area (Å²) in [5, 5.41) is 14.8. The number of hydrogen-bond donors (Lipinski definition) is 2. The van der Waals surface area contributed by atoms with Crippen LogP contribution in [-0.2, 0) is 30.7 Å². The highest BCUT2D eigenvalue weighted by Gasteiger charge is 2.21. The summed E-state index contributed by atoms with van der Waals surface area (Å²) in [5.74, 6) is -1.73. The highest BCUT2D eigenvalue weighted by molar-refractivity contribution is 7.90. The minimum atomic E-state index is -4.19. The van der Waals surface area contributed by atoms with Crippen LogP contribution in [0.15, 0.2) is 51.1 Å². The van der Waals surface area contributed by atoms with E-state index >= 15 is 0 Å². The Hall–Kier alpha value is -3.61. The Morgan fingerprint density at radius 1 is 0.600 bits per heavy atom. The third kappa shape index (κ3) is 13.6. The summed E-state index contributed by atoms with van der Waals surface area (Å²) in [4.78, 5) is 23.8. The van der Waals surface area contributed by atoms with E-state index in [9.17, 15) is 26.8 Å². The summed E-state index contributed by atoms with van der Waals surface area (Å²) >= 11 is 0. The lowest BCUT2D eigenvalue weighted by molar-refractivity contribution is 0.480. The standard InChI is InChI=1S/C25H46FN3O.C12H12FN3O3S/c1-3-4-5-6-7-8-9-10-11-12-13-14-15-16-17-18-19-20-21-29-22-23(26)24(27)28(2)25(29)30;1-8-3-5-9(6-4-8)20(18,19)16-7-10(13)11(14)15(2)12(16)17/h22,27H,3-21H2,1-2H3;3-7,14H,1-2H3. The van der Waals surface area contributed by atoms with Gasteiger partial charge >= 0.3 is 11.4 Å². The number of nitrogens with one attached hydrogen (secondary N) is 2. The second kappa shape index (κ2) is 22.3. The van der Waals surface area contributed by atoms with Crippen molar-refractivity contribution in [1.29, 1.82) is 10.8 Å². The molecular formula is C37H58F2N6O4S. The monoisotopic (exact) mass is 720 g/mol. The number of halogens is 2. The maximum absolute atomic E-state index is 13.6. The van der Waals surface area contributed by atoms with Crippen LogP contribution in [0.4, 0.5) is 8.78 Å². The van der Waals surface area contributed by atoms with Gasteiger partial charge < -0.3 is 0 Å². The maximum atomic E-state index is 13.6. The molecule has 0 saturated carbocycles. The minimum Gasteiger partial charge on any atom is -0.298 e. The third-order valence-electron chi connectivity index (χ3n) is 8.96. The Labute approximate surface area is 295 Å². The predicted molar refractivity (Wildman–Crippen MR) is 194 cm³/mol. The Balaban J connectivity index is 0.000000374. The molecule has 50 heavy (non-hydrogen) atoms. The molecule has 280 valence electrons. The van der Waals surface area contributed by atoms with Crippen LogP contribution in [-0.4, -0.2) is 26.1 Å². The van der Waals surface area contributed by atoms with Gasteiger partial charge in [0.25, 0.3) is 10.0 Å². The zero-order chi connectivity index (χ0) is 37.1. The van der Waals surface area contributed by atoms with E-state index in [4.69, 9.17) is 10.8 Å². The predicted octanol–water partition coefficient (Wildman–Crippen LogP) is 7.20. The quantitative estimate of drug-likeness (QED) is 0.113. The lowest BCUT2D eigenvalue weighted by Gasteiger charge is -2.09. The molecule has 10 nitrogen and oxygen atoms in total. The summed E-state index contributed by atoms with van der Waals surface area (Å²) in [6, 6.07) is 5.83. The largest absolute Gasteiger partial charge is 0.343 e. The number of aryl methyl sites for hydroxylation is 2. The minimum absolute atomic E-state index is 0.123. The lowest BCUT2D eigenvalue weighted by atomic mass is 10.0. The molecule has 2 N–H and O–H groups in total. The molecule has 1 aromatic carbocycles. The second-order valence-corrected chi connectivity index (χ2v) is 15.0. The van der Waals surface area contributed by atoms with Crippen LogP contribution >= 0.6 is 0 Å². The van der Waals surface area contributed by atoms with Crippen molar-refractivity contribution in [3.05, 3.63) is 85.8 Å². The summed E-state index contributed by atoms with van der Waals surface area (Å²) in [5.41, 5.74) is -1.49. The third-order valence-corrected chi connectivity index (χ3v) is 10.6. The van der Waals surface area contributed by atoms with Gasteiger partial charge in [-0.2, -0.15) is 3.97 Å². The molecular weight excluding hydrogens is 663 g/mol. The molecule has 2 aromatic heterocycles. The van der Waals surface area contributed by atoms with Crippen LogP contribution in [0, 0.1) is 29.4 Å². The highest BCUT2D eigenvalue weighted by atomic mass is 32.2. The Morgan fingerprint density at radius 3 is 1.42 bits per heavy atom. The zero-order valence-corrected chi connectivity index (χ0v) is 31.3. The van der Waals surface area contributed by atoms with Gasteiger partial charge in [-0.05, 0) is 25.5 Å². The first kappa shape index (κ1) is 42.6. The van der Waals surface area contributed by atoms with Crippen molar-refractivity contribution < 1.29 is 17.2 Å². The molecule has 2 heterocycles. The van der Waals surface area contributed by atoms with Crippen molar-refractivity contribution in [2.24, 2.45) is 14.1 Å². The Kier molecular flexibility index (Phi) is 18.9. The fourth-order valence-electron chi connectivity index (χ4n) is 5.66. The van der Waals surface area contributed by atoms with Gasteiger partial charge in [0.05, 0.1) is 11.1 Å². The SMILES string of the molecule is CCCCCCCCCCCCCCCCCCCCn1cc(F)c(=N)n(C)c1=O.Cc1ccc(S(=O)(=O)n2cc(F)c(=N)n(C)c2=O)cc1. The normalized spacial score (nSPS) is 11.4. The molecule has 0 spiro atoms. The number of hydrogen-bond acceptors (Lipinski definition) is 6. The molecule has 0 saturated heterocycles. The number of rotatable bonds is 21. The average molecular weight is 721 g/mol. The van der Waals surface area contributed by atoms with E-state index in [1.807, 2.05) is 0 Å². The van der Waals surface area contributed by atoms with Gasteiger partial charge in [0.2, 0.25) is 0 Å². The first-order chi connectivity index (χ1) is 23.8. The first-order valence-corrected chi connectivity index (χ1v) is 19.6. The molecule has 0 bridgehead atoms. The number of nitrogens with zero attached hydrogens (tertiary/aromatic N) is 4. The molecule has 0 aliphatic rings. The van der Waals surface area contributed by atoms with Crippen molar-refractivity contribution in [2.75, 3.05) is 0 Å². The molecule has 0 aliphatic carbocycles. The summed E-state index contributed by atoms with van der Waals surface area (Å²) < 4.78 is 55.1. The van der Waals surface area contributed by atoms with E-state index in [0.717, 1.165) is 36.2 Å². The van der Waals surface area contributed by atoms with Gasteiger partial charge in [0.1, 0.15) is 0 Å². The lowest BCUT2D eigenvalue weighted by Crippen LogP contribution is -2.41. The van der Waals surface area contributed by atoms with E-state index in [-0.39, 0.29) is 16.1 Å². The van der Waals surface area contributed by atoms with Gasteiger partial charge in [0, 0.05) is 26.8 Å². The van der Waals surface area contributed by atoms with E-state index in [0.29, 0.717) is 21.3 Å². The van der Waals surface area contributed by atoms with Gasteiger partial charge in [-0.3, -0.25) is 24.5 Å². The zero-order valence-electron chi connectivity index (χ0n) is 30.5. The van der Waals surface area contributed by atoms with E-state index in [1.165, 1.54) is 126 Å². The van der Waals surface area contributed by atoms with Crippen molar-refractivity contribution in [2.45, 2.75) is 141 Å². The fraction of sp³-hybridized carbons (Fsp3) is 0.622. The van der Waals surface area contributed by atoms with Crippen LogP contribution in [0.1, 0.15) is 128 Å². The topological polar surface area (TPSA) is 136 Å². The van der Waals surface area contributed by atoms with Crippen molar-refractivity contribution in [3.8, 4) is 0 Å². The Morgan fingerprint density at radius 2 is 0.980 bits per heavy atom. The molecule has 0 fully saturated rings. The molecule has 13 heteroatoms. The number of aromatic nitrogens is 4. The van der Waals surface area contributed by atoms with E-state index < -0.39 is 32.8 Å². The smallest absolute Gasteiger partial charge is 0.298 e. The molecule has 0 amide bonds. The first-order valence-electron chi connectivity index (χ1n) is 18.2. The van der Waals surface area contributed by atoms with Gasteiger partial charge in [0.15, 0.2) is 22.6 Å². The van der Waals surface area contributed by atoms with Crippen molar-refractivity contribution >= 4 is 10.0 Å². The number of benzene rings is 1. The molecule has 0 radical (unpaired) electrons. The highest BCUT2D eigenvalue weighted by Crippen LogP contribution is 2.15. The molecule has 0 atom stereocenters. The Bertz CT molecular complexity index is 1810. The number of unbranched alkanes of at least 4 members (excludes halogenated alkanes) is 17. The van der Waals surface area contributed by atoms with Crippen LogP contribution < -0.4 is 22.4 Å². The average Bonchev–Trinajstić information content (AvgIpc) is 3.10. The van der Waals surface area contributed by atoms with Crippen molar-refractivity contribution in [3.63, 3.8) is 0 Å². The molecule has 3 aromatic rings. The molecule has 0 aliphatic heterocycles. The van der Waals surface area contributed by atoms with E-state index in [2.05, 4.69) is 6.92 Å². The maximum Gasteiger partial charge on any atom is 0.343 e. The fourth-order valence-corrected chi connectivity index (χ4v) is 6.93. The molecule has 3 rings (SSSR count). The van der Waals surface area contributed by atoms with Gasteiger partial charge in [-0.25, -0.2) is 26.8 Å². The van der Waals surface area contributed by atoms with Crippen LogP contribution in [0.25, 0.3) is 0 Å².